The summed E-state index contributed by atoms with van der Waals surface area (Å²) in [7, 11) is 1.82. The van der Waals surface area contributed by atoms with Crippen LogP contribution in [0.25, 0.3) is 0 Å². The fourth-order valence-electron chi connectivity index (χ4n) is 4.18. The molecule has 0 spiro atoms. The quantitative estimate of drug-likeness (QED) is 0.511. The zero-order chi connectivity index (χ0) is 16.4. The Kier molecular flexibility index (Phi) is 8.31. The normalized spacial score (nSPS) is 22.2. The molecule has 0 aromatic carbocycles. The molecule has 0 heterocycles. The molecule has 0 amide bonds. The fraction of sp³-hybridized carbons (Fsp3) is 1.00. The summed E-state index contributed by atoms with van der Waals surface area (Å²) < 4.78 is 11.4. The molecule has 0 radical (unpaired) electrons. The van der Waals surface area contributed by atoms with Gasteiger partial charge in [0.1, 0.15) is 0 Å². The molecule has 0 atom stereocenters. The predicted molar refractivity (Wildman–Crippen MR) is 95.9 cm³/mol. The molecule has 0 unspecified atom stereocenters. The van der Waals surface area contributed by atoms with E-state index in [1.165, 1.54) is 44.9 Å². The molecule has 136 valence electrons. The third-order valence-corrected chi connectivity index (χ3v) is 5.83. The van der Waals surface area contributed by atoms with Crippen molar-refractivity contribution in [3.63, 3.8) is 0 Å². The molecule has 0 aromatic rings. The van der Waals surface area contributed by atoms with E-state index in [1.807, 2.05) is 7.11 Å². The molecule has 0 saturated heterocycles. The van der Waals surface area contributed by atoms with Gasteiger partial charge in [-0.05, 0) is 45.2 Å². The van der Waals surface area contributed by atoms with E-state index in [0.29, 0.717) is 10.8 Å². The molecule has 4 heteroatoms. The Balaban J connectivity index is 1.51. The van der Waals surface area contributed by atoms with Gasteiger partial charge in [-0.15, -0.1) is 0 Å². The molecule has 0 aromatic heterocycles. The van der Waals surface area contributed by atoms with Crippen LogP contribution >= 0.6 is 0 Å². The molecule has 2 rings (SSSR count). The summed E-state index contributed by atoms with van der Waals surface area (Å²) in [5.41, 5.74) is 0.841. The highest BCUT2D eigenvalue weighted by molar-refractivity contribution is 4.89. The van der Waals surface area contributed by atoms with E-state index in [-0.39, 0.29) is 0 Å². The van der Waals surface area contributed by atoms with Crippen molar-refractivity contribution in [3.05, 3.63) is 0 Å². The van der Waals surface area contributed by atoms with E-state index >= 15 is 0 Å². The molecular weight excluding hydrogens is 288 g/mol. The molecule has 2 fully saturated rings. The second kappa shape index (κ2) is 9.97. The van der Waals surface area contributed by atoms with Gasteiger partial charge in [0.25, 0.3) is 0 Å². The van der Waals surface area contributed by atoms with Gasteiger partial charge in [0.05, 0.1) is 13.2 Å². The van der Waals surface area contributed by atoms with Crippen LogP contribution in [0.1, 0.15) is 58.3 Å². The van der Waals surface area contributed by atoms with Crippen molar-refractivity contribution in [2.45, 2.75) is 58.3 Å². The standard InChI is InChI=1S/C19H38N2O2/c1-3-20-14-19(8-4-5-9-19)17-23-13-7-12-21-15-18(16-22-2)10-6-11-18/h20-21H,3-17H2,1-2H3. The molecule has 2 saturated carbocycles. The Morgan fingerprint density at radius 2 is 1.52 bits per heavy atom. The summed E-state index contributed by atoms with van der Waals surface area (Å²) in [6, 6.07) is 0. The summed E-state index contributed by atoms with van der Waals surface area (Å²) in [6.07, 6.45) is 10.5. The first kappa shape index (κ1) is 19.2. The van der Waals surface area contributed by atoms with Crippen LogP contribution in [0.3, 0.4) is 0 Å². The second-order valence-corrected chi connectivity index (χ2v) is 7.86. The molecule has 0 aliphatic heterocycles. The van der Waals surface area contributed by atoms with Gasteiger partial charge in [0, 0.05) is 37.6 Å². The Morgan fingerprint density at radius 1 is 0.870 bits per heavy atom. The lowest BCUT2D eigenvalue weighted by molar-refractivity contribution is 0.0165. The number of nitrogens with one attached hydrogen (secondary N) is 2. The van der Waals surface area contributed by atoms with E-state index in [4.69, 9.17) is 9.47 Å². The van der Waals surface area contributed by atoms with E-state index in [0.717, 1.165) is 52.4 Å². The zero-order valence-electron chi connectivity index (χ0n) is 15.4. The van der Waals surface area contributed by atoms with Crippen molar-refractivity contribution < 1.29 is 9.47 Å². The number of rotatable bonds is 13. The van der Waals surface area contributed by atoms with E-state index in [1.54, 1.807) is 0 Å². The van der Waals surface area contributed by atoms with Crippen molar-refractivity contribution in [1.82, 2.24) is 10.6 Å². The van der Waals surface area contributed by atoms with Crippen LogP contribution in [0.4, 0.5) is 0 Å². The van der Waals surface area contributed by atoms with Crippen LogP contribution < -0.4 is 10.6 Å². The Bertz CT molecular complexity index is 312. The average Bonchev–Trinajstić information content (AvgIpc) is 2.98. The first-order valence-corrected chi connectivity index (χ1v) is 9.72. The van der Waals surface area contributed by atoms with Gasteiger partial charge in [0.2, 0.25) is 0 Å². The monoisotopic (exact) mass is 326 g/mol. The second-order valence-electron chi connectivity index (χ2n) is 7.86. The predicted octanol–water partition coefficient (Wildman–Crippen LogP) is 2.97. The van der Waals surface area contributed by atoms with Crippen molar-refractivity contribution in [3.8, 4) is 0 Å². The summed E-state index contributed by atoms with van der Waals surface area (Å²) in [5.74, 6) is 0. The third kappa shape index (κ3) is 6.00. The molecular formula is C19H38N2O2. The minimum absolute atomic E-state index is 0.415. The lowest BCUT2D eigenvalue weighted by atomic mass is 9.69. The minimum atomic E-state index is 0.415. The van der Waals surface area contributed by atoms with E-state index in [2.05, 4.69) is 17.6 Å². The van der Waals surface area contributed by atoms with Crippen LogP contribution in [0.2, 0.25) is 0 Å². The first-order chi connectivity index (χ1) is 11.2. The maximum absolute atomic E-state index is 6.03. The van der Waals surface area contributed by atoms with Crippen LogP contribution in [0.15, 0.2) is 0 Å². The molecule has 0 bridgehead atoms. The van der Waals surface area contributed by atoms with Crippen molar-refractivity contribution in [2.24, 2.45) is 10.8 Å². The lowest BCUT2D eigenvalue weighted by Gasteiger charge is -2.41. The first-order valence-electron chi connectivity index (χ1n) is 9.72. The fourth-order valence-corrected chi connectivity index (χ4v) is 4.18. The van der Waals surface area contributed by atoms with Crippen LogP contribution in [0, 0.1) is 10.8 Å². The van der Waals surface area contributed by atoms with Gasteiger partial charge < -0.3 is 20.1 Å². The Labute approximate surface area is 143 Å². The third-order valence-electron chi connectivity index (χ3n) is 5.83. The van der Waals surface area contributed by atoms with Gasteiger partial charge in [-0.3, -0.25) is 0 Å². The largest absolute Gasteiger partial charge is 0.384 e. The summed E-state index contributed by atoms with van der Waals surface area (Å²) >= 11 is 0. The number of ether oxygens (including phenoxy) is 2. The number of hydrogen-bond donors (Lipinski definition) is 2. The molecule has 23 heavy (non-hydrogen) atoms. The number of hydrogen-bond acceptors (Lipinski definition) is 4. The Hall–Kier alpha value is -0.160. The van der Waals surface area contributed by atoms with Crippen LogP contribution in [-0.2, 0) is 9.47 Å². The van der Waals surface area contributed by atoms with Crippen molar-refractivity contribution >= 4 is 0 Å². The number of methoxy groups -OCH3 is 1. The van der Waals surface area contributed by atoms with Crippen LogP contribution in [0.5, 0.6) is 0 Å². The van der Waals surface area contributed by atoms with Gasteiger partial charge in [-0.25, -0.2) is 0 Å². The topological polar surface area (TPSA) is 42.5 Å². The van der Waals surface area contributed by atoms with Gasteiger partial charge in [-0.2, -0.15) is 0 Å². The average molecular weight is 327 g/mol. The Morgan fingerprint density at radius 3 is 2.13 bits per heavy atom. The SMILES string of the molecule is CCNCC1(COCCCNCC2(COC)CCC2)CCCC1. The zero-order valence-corrected chi connectivity index (χ0v) is 15.4. The maximum atomic E-state index is 6.03. The maximum Gasteiger partial charge on any atom is 0.0534 e. The highest BCUT2D eigenvalue weighted by Crippen LogP contribution is 2.40. The molecule has 2 aliphatic carbocycles. The van der Waals surface area contributed by atoms with Gasteiger partial charge in [0.15, 0.2) is 0 Å². The molecule has 4 nitrogen and oxygen atoms in total. The summed E-state index contributed by atoms with van der Waals surface area (Å²) in [4.78, 5) is 0. The highest BCUT2D eigenvalue weighted by atomic mass is 16.5. The summed E-state index contributed by atoms with van der Waals surface area (Å²) in [5, 5.41) is 7.14. The smallest absolute Gasteiger partial charge is 0.0534 e. The van der Waals surface area contributed by atoms with E-state index in [9.17, 15) is 0 Å². The van der Waals surface area contributed by atoms with Crippen molar-refractivity contribution in [2.75, 3.05) is 53.1 Å². The molecule has 2 aliphatic rings. The summed E-state index contributed by atoms with van der Waals surface area (Å²) in [6.45, 7) is 9.27. The van der Waals surface area contributed by atoms with Crippen LogP contribution in [-0.4, -0.2) is 53.1 Å². The van der Waals surface area contributed by atoms with Gasteiger partial charge in [-0.1, -0.05) is 26.2 Å². The molecule has 2 N–H and O–H groups in total. The van der Waals surface area contributed by atoms with E-state index < -0.39 is 0 Å². The lowest BCUT2D eigenvalue weighted by Crippen LogP contribution is -2.43. The highest BCUT2D eigenvalue weighted by Gasteiger charge is 2.36. The minimum Gasteiger partial charge on any atom is -0.384 e. The van der Waals surface area contributed by atoms with Crippen molar-refractivity contribution in [1.29, 1.82) is 0 Å². The van der Waals surface area contributed by atoms with Gasteiger partial charge >= 0.3 is 0 Å².